The zero-order valence-corrected chi connectivity index (χ0v) is 25.3. The summed E-state index contributed by atoms with van der Waals surface area (Å²) in [5.41, 5.74) is 1.59. The molecule has 0 unspecified atom stereocenters. The molecule has 3 N–H and O–H groups in total. The van der Waals surface area contributed by atoms with E-state index in [0.29, 0.717) is 39.3 Å². The Kier molecular flexibility index (Phi) is 13.0. The van der Waals surface area contributed by atoms with Gasteiger partial charge in [0.05, 0.1) is 46.1 Å². The summed E-state index contributed by atoms with van der Waals surface area (Å²) < 4.78 is 15.5. The molecule has 0 aromatic heterocycles. The Labute approximate surface area is 253 Å². The van der Waals surface area contributed by atoms with E-state index in [2.05, 4.69) is 29.0 Å². The highest BCUT2D eigenvalue weighted by Gasteiger charge is 2.50. The molecule has 0 bridgehead atoms. The number of amides is 3. The predicted molar refractivity (Wildman–Crippen MR) is 164 cm³/mol. The fraction of sp³-hybridized carbons (Fsp3) is 0.613. The van der Waals surface area contributed by atoms with Crippen molar-refractivity contribution in [1.82, 2.24) is 20.9 Å². The Morgan fingerprint density at radius 1 is 1.07 bits per heavy atom. The van der Waals surface area contributed by atoms with E-state index in [-0.39, 0.29) is 29.1 Å². The Hall–Kier alpha value is -3.28. The first-order chi connectivity index (χ1) is 20.1. The molecule has 0 saturated carbocycles. The largest absolute Gasteiger partial charge is 0.497 e. The summed E-state index contributed by atoms with van der Waals surface area (Å²) in [4.78, 5) is 51.8. The lowest BCUT2D eigenvalue weighted by Gasteiger charge is -2.26. The standard InChI is InChI=1S/C23H36N4O6.C8H10O.3H2/c1-16(25-20(29)14-27-8-10-32-11-9-27)22(31)24-13-19(28)26-18(21(30)23(2)15-33-23)12-17-6-4-3-5-7-17;1-7-3-5-8(9-2)6-4-7;;;/h6,16,18H,3-5,7-15H2,1-2H3,(H,24,31)(H,25,29)(H,26,28);3-6H,1-2H3;3*1H/t16-,18-,23+;;;;/m0..../s1. The van der Waals surface area contributed by atoms with E-state index < -0.39 is 29.5 Å². The smallest absolute Gasteiger partial charge is 0.242 e. The average Bonchev–Trinajstić information content (AvgIpc) is 3.75. The van der Waals surface area contributed by atoms with Gasteiger partial charge in [-0.05, 0) is 65.0 Å². The number of carbonyl (C=O) groups excluding carboxylic acids is 4. The van der Waals surface area contributed by atoms with Gasteiger partial charge in [-0.15, -0.1) is 0 Å². The van der Waals surface area contributed by atoms with Gasteiger partial charge < -0.3 is 30.2 Å². The van der Waals surface area contributed by atoms with Crippen LogP contribution in [0.3, 0.4) is 0 Å². The molecule has 1 aromatic rings. The monoisotopic (exact) mass is 592 g/mol. The molecule has 11 heteroatoms. The third-order valence-electron chi connectivity index (χ3n) is 7.52. The molecule has 2 saturated heterocycles. The highest BCUT2D eigenvalue weighted by molar-refractivity contribution is 5.97. The fourth-order valence-corrected chi connectivity index (χ4v) is 4.74. The molecule has 0 spiro atoms. The maximum atomic E-state index is 12.9. The van der Waals surface area contributed by atoms with E-state index in [1.54, 1.807) is 21.0 Å². The number of benzene rings is 1. The molecular formula is C31H52N4O7. The molecule has 238 valence electrons. The Balaban J connectivity index is 0.00000139. The molecule has 3 amide bonds. The summed E-state index contributed by atoms with van der Waals surface area (Å²) in [6.07, 6.45) is 6.75. The second-order valence-corrected chi connectivity index (χ2v) is 11.2. The molecule has 4 rings (SSSR count). The van der Waals surface area contributed by atoms with Gasteiger partial charge in [-0.1, -0.05) is 29.3 Å². The summed E-state index contributed by atoms with van der Waals surface area (Å²) >= 11 is 0. The van der Waals surface area contributed by atoms with Crippen molar-refractivity contribution in [3.05, 3.63) is 41.5 Å². The minimum Gasteiger partial charge on any atom is -0.497 e. The average molecular weight is 593 g/mol. The van der Waals surface area contributed by atoms with Gasteiger partial charge in [0.25, 0.3) is 0 Å². The van der Waals surface area contributed by atoms with Gasteiger partial charge in [0.15, 0.2) is 5.78 Å². The number of hydrogen-bond acceptors (Lipinski definition) is 8. The van der Waals surface area contributed by atoms with Gasteiger partial charge in [-0.3, -0.25) is 24.1 Å². The summed E-state index contributed by atoms with van der Waals surface area (Å²) in [5, 5.41) is 7.96. The molecule has 11 nitrogen and oxygen atoms in total. The molecule has 2 aliphatic heterocycles. The number of methoxy groups -OCH3 is 1. The molecule has 1 aliphatic carbocycles. The third-order valence-corrected chi connectivity index (χ3v) is 7.52. The normalized spacial score (nSPS) is 21.4. The summed E-state index contributed by atoms with van der Waals surface area (Å²) in [6.45, 7) is 8.16. The molecule has 2 fully saturated rings. The number of hydrogen-bond donors (Lipinski definition) is 3. The van der Waals surface area contributed by atoms with Crippen molar-refractivity contribution in [2.45, 2.75) is 70.6 Å². The van der Waals surface area contributed by atoms with Crippen molar-refractivity contribution in [2.24, 2.45) is 0 Å². The van der Waals surface area contributed by atoms with Crippen LogP contribution >= 0.6 is 0 Å². The van der Waals surface area contributed by atoms with E-state index in [1.807, 2.05) is 29.2 Å². The van der Waals surface area contributed by atoms with Gasteiger partial charge in [-0.25, -0.2) is 0 Å². The van der Waals surface area contributed by atoms with Gasteiger partial charge in [0.1, 0.15) is 17.4 Å². The number of ether oxygens (including phenoxy) is 3. The second kappa shape index (κ2) is 16.4. The Bertz CT molecular complexity index is 1110. The van der Waals surface area contributed by atoms with Gasteiger partial charge in [0.2, 0.25) is 17.7 Å². The SMILES string of the molecule is COc1ccc(C)cc1.C[C@H](NC(=O)CN1CCOCC1)C(=O)NCC(=O)N[C@@H](CC1=CCCCC1)C(=O)[C@@]1(C)CO1.[HH].[HH].[HH]. The summed E-state index contributed by atoms with van der Waals surface area (Å²) in [7, 11) is 1.67. The second-order valence-electron chi connectivity index (χ2n) is 11.2. The number of carbonyl (C=O) groups is 4. The van der Waals surface area contributed by atoms with Crippen LogP contribution in [-0.2, 0) is 28.7 Å². The first kappa shape index (κ1) is 33.2. The number of epoxide rings is 1. The number of nitrogens with one attached hydrogen (secondary N) is 3. The van der Waals surface area contributed by atoms with Crippen LogP contribution in [0.25, 0.3) is 0 Å². The fourth-order valence-electron chi connectivity index (χ4n) is 4.74. The van der Waals surface area contributed by atoms with Crippen LogP contribution < -0.4 is 20.7 Å². The molecule has 42 heavy (non-hydrogen) atoms. The predicted octanol–water partition coefficient (Wildman–Crippen LogP) is 2.41. The zero-order chi connectivity index (χ0) is 30.5. The van der Waals surface area contributed by atoms with Crippen molar-refractivity contribution in [1.29, 1.82) is 0 Å². The van der Waals surface area contributed by atoms with Crippen LogP contribution in [0.4, 0.5) is 0 Å². The van der Waals surface area contributed by atoms with Gasteiger partial charge in [0, 0.05) is 17.4 Å². The van der Waals surface area contributed by atoms with Crippen molar-refractivity contribution >= 4 is 23.5 Å². The molecule has 1 aromatic carbocycles. The highest BCUT2D eigenvalue weighted by Crippen LogP contribution is 2.31. The number of allylic oxidation sites excluding steroid dienone is 1. The lowest BCUT2D eigenvalue weighted by molar-refractivity contribution is -0.132. The number of rotatable bonds is 12. The lowest BCUT2D eigenvalue weighted by atomic mass is 9.90. The van der Waals surface area contributed by atoms with E-state index in [0.717, 1.165) is 31.4 Å². The van der Waals surface area contributed by atoms with E-state index in [9.17, 15) is 19.2 Å². The number of ketones is 1. The van der Waals surface area contributed by atoms with Gasteiger partial charge >= 0.3 is 0 Å². The maximum absolute atomic E-state index is 12.9. The number of morpholine rings is 1. The van der Waals surface area contributed by atoms with Crippen LogP contribution in [-0.4, -0.2) is 99.2 Å². The van der Waals surface area contributed by atoms with Crippen LogP contribution in [0, 0.1) is 6.92 Å². The molecular weight excluding hydrogens is 540 g/mol. The number of Topliss-reactive ketones (excluding diaryl/α,β-unsaturated/α-hetero) is 1. The molecule has 2 heterocycles. The minimum absolute atomic E-state index is 0. The number of nitrogens with zero attached hydrogens (tertiary/aromatic N) is 1. The number of aryl methyl sites for hydroxylation is 1. The maximum Gasteiger partial charge on any atom is 0.242 e. The minimum atomic E-state index is -0.838. The highest BCUT2D eigenvalue weighted by atomic mass is 16.6. The lowest BCUT2D eigenvalue weighted by Crippen LogP contribution is -2.52. The van der Waals surface area contributed by atoms with E-state index in [1.165, 1.54) is 11.1 Å². The van der Waals surface area contributed by atoms with E-state index in [4.69, 9.17) is 14.2 Å². The van der Waals surface area contributed by atoms with Crippen LogP contribution in [0.15, 0.2) is 35.9 Å². The first-order valence-electron chi connectivity index (χ1n) is 14.7. The topological polar surface area (TPSA) is 139 Å². The summed E-state index contributed by atoms with van der Waals surface area (Å²) in [6, 6.07) is 6.49. The molecule has 3 aliphatic rings. The van der Waals surface area contributed by atoms with Gasteiger partial charge in [-0.2, -0.15) is 0 Å². The van der Waals surface area contributed by atoms with Crippen molar-refractivity contribution < 1.29 is 37.7 Å². The molecule has 0 radical (unpaired) electrons. The van der Waals surface area contributed by atoms with Crippen LogP contribution in [0.1, 0.15) is 55.8 Å². The van der Waals surface area contributed by atoms with Crippen molar-refractivity contribution in [3.8, 4) is 5.75 Å². The first-order valence-corrected chi connectivity index (χ1v) is 14.7. The van der Waals surface area contributed by atoms with Crippen LogP contribution in [0.2, 0.25) is 0 Å². The Morgan fingerprint density at radius 2 is 1.76 bits per heavy atom. The molecule has 3 atom stereocenters. The zero-order valence-electron chi connectivity index (χ0n) is 25.3. The quantitative estimate of drug-likeness (QED) is 0.249. The van der Waals surface area contributed by atoms with E-state index >= 15 is 0 Å². The van der Waals surface area contributed by atoms with Crippen LogP contribution in [0.5, 0.6) is 5.75 Å². The third kappa shape index (κ3) is 11.2. The van der Waals surface area contributed by atoms with Crippen molar-refractivity contribution in [2.75, 3.05) is 53.1 Å². The Morgan fingerprint density at radius 3 is 2.36 bits per heavy atom. The van der Waals surface area contributed by atoms with Crippen molar-refractivity contribution in [3.63, 3.8) is 0 Å². The summed E-state index contributed by atoms with van der Waals surface area (Å²) in [5.74, 6) is -0.392.